The van der Waals surface area contributed by atoms with Crippen LogP contribution >= 0.6 is 11.6 Å². The summed E-state index contributed by atoms with van der Waals surface area (Å²) in [4.78, 5) is 2.50. The van der Waals surface area contributed by atoms with Gasteiger partial charge >= 0.3 is 0 Å². The fraction of sp³-hybridized carbons (Fsp3) is 0.571. The van der Waals surface area contributed by atoms with Crippen LogP contribution in [0.2, 0.25) is 5.02 Å². The fourth-order valence-corrected chi connectivity index (χ4v) is 3.07. The van der Waals surface area contributed by atoms with Gasteiger partial charge in [0.15, 0.2) is 0 Å². The quantitative estimate of drug-likeness (QED) is 0.816. The van der Waals surface area contributed by atoms with E-state index in [-0.39, 0.29) is 10.8 Å². The minimum atomic E-state index is -0.338. The van der Waals surface area contributed by atoms with Crippen molar-refractivity contribution in [1.29, 1.82) is 0 Å². The SMILES string of the molecule is Fc1ccc(C2CCCCN2C2COC2)cc1Cl. The Balaban J connectivity index is 1.84. The Morgan fingerprint density at radius 1 is 1.28 bits per heavy atom. The van der Waals surface area contributed by atoms with Gasteiger partial charge in [-0.05, 0) is 37.1 Å². The molecule has 1 aromatic rings. The molecule has 3 rings (SSSR count). The summed E-state index contributed by atoms with van der Waals surface area (Å²) in [6, 6.07) is 6.01. The maximum absolute atomic E-state index is 13.2. The van der Waals surface area contributed by atoms with Crippen LogP contribution in [0.25, 0.3) is 0 Å². The second kappa shape index (κ2) is 5.16. The second-order valence-electron chi connectivity index (χ2n) is 5.11. The molecule has 0 N–H and O–H groups in total. The minimum Gasteiger partial charge on any atom is -0.378 e. The molecule has 2 heterocycles. The molecule has 0 bridgehead atoms. The smallest absolute Gasteiger partial charge is 0.141 e. The molecule has 0 amide bonds. The first kappa shape index (κ1) is 12.4. The molecule has 1 aromatic carbocycles. The van der Waals surface area contributed by atoms with Crippen LogP contribution in [0.3, 0.4) is 0 Å². The Morgan fingerprint density at radius 3 is 2.78 bits per heavy atom. The average molecular weight is 270 g/mol. The first-order chi connectivity index (χ1) is 8.75. The van der Waals surface area contributed by atoms with Crippen molar-refractivity contribution >= 4 is 11.6 Å². The normalized spacial score (nSPS) is 26.0. The summed E-state index contributed by atoms with van der Waals surface area (Å²) in [5.74, 6) is -0.338. The Kier molecular flexibility index (Phi) is 3.55. The molecule has 0 radical (unpaired) electrons. The predicted octanol–water partition coefficient (Wildman–Crippen LogP) is 3.40. The number of hydrogen-bond acceptors (Lipinski definition) is 2. The van der Waals surface area contributed by atoms with Gasteiger partial charge in [0, 0.05) is 6.04 Å². The number of likely N-dealkylation sites (tertiary alicyclic amines) is 1. The van der Waals surface area contributed by atoms with Crippen molar-refractivity contribution in [3.05, 3.63) is 34.6 Å². The van der Waals surface area contributed by atoms with Crippen LogP contribution in [0.1, 0.15) is 30.9 Å². The lowest BCUT2D eigenvalue weighted by atomic mass is 9.93. The van der Waals surface area contributed by atoms with Crippen LogP contribution in [-0.4, -0.2) is 30.7 Å². The monoisotopic (exact) mass is 269 g/mol. The summed E-state index contributed by atoms with van der Waals surface area (Å²) in [5, 5.41) is 0.225. The zero-order valence-electron chi connectivity index (χ0n) is 10.2. The zero-order chi connectivity index (χ0) is 12.5. The molecule has 0 aromatic heterocycles. The van der Waals surface area contributed by atoms with E-state index in [1.807, 2.05) is 6.07 Å². The van der Waals surface area contributed by atoms with Crippen LogP contribution in [0.4, 0.5) is 4.39 Å². The van der Waals surface area contributed by atoms with E-state index < -0.39 is 0 Å². The van der Waals surface area contributed by atoms with Gasteiger partial charge in [-0.1, -0.05) is 24.1 Å². The molecule has 0 spiro atoms. The van der Waals surface area contributed by atoms with Crippen molar-refractivity contribution in [3.63, 3.8) is 0 Å². The first-order valence-corrected chi connectivity index (χ1v) is 6.92. The zero-order valence-corrected chi connectivity index (χ0v) is 11.0. The van der Waals surface area contributed by atoms with Crippen molar-refractivity contribution in [2.24, 2.45) is 0 Å². The highest BCUT2D eigenvalue weighted by Crippen LogP contribution is 2.35. The highest BCUT2D eigenvalue weighted by atomic mass is 35.5. The highest BCUT2D eigenvalue weighted by molar-refractivity contribution is 6.30. The van der Waals surface area contributed by atoms with Gasteiger partial charge in [-0.3, -0.25) is 4.90 Å². The molecule has 0 saturated carbocycles. The van der Waals surface area contributed by atoms with Crippen LogP contribution in [0, 0.1) is 5.82 Å². The van der Waals surface area contributed by atoms with Crippen molar-refractivity contribution in [2.75, 3.05) is 19.8 Å². The van der Waals surface area contributed by atoms with Crippen LogP contribution in [0.15, 0.2) is 18.2 Å². The highest BCUT2D eigenvalue weighted by Gasteiger charge is 2.33. The van der Waals surface area contributed by atoms with Gasteiger partial charge in [0.25, 0.3) is 0 Å². The number of benzene rings is 1. The first-order valence-electron chi connectivity index (χ1n) is 6.54. The van der Waals surface area contributed by atoms with Crippen molar-refractivity contribution in [1.82, 2.24) is 4.90 Å². The van der Waals surface area contributed by atoms with Gasteiger partial charge in [0.2, 0.25) is 0 Å². The lowest BCUT2D eigenvalue weighted by Crippen LogP contribution is -2.52. The third kappa shape index (κ3) is 2.27. The molecule has 18 heavy (non-hydrogen) atoms. The summed E-state index contributed by atoms with van der Waals surface area (Å²) in [5.41, 5.74) is 1.13. The number of halogens is 2. The third-order valence-electron chi connectivity index (χ3n) is 3.96. The standard InChI is InChI=1S/C14H17ClFNO/c15-12-7-10(4-5-13(12)16)14-3-1-2-6-17(14)11-8-18-9-11/h4-5,7,11,14H,1-3,6,8-9H2. The number of piperidine rings is 1. The van der Waals surface area contributed by atoms with E-state index in [1.54, 1.807) is 6.07 Å². The largest absolute Gasteiger partial charge is 0.378 e. The molecular weight excluding hydrogens is 253 g/mol. The van der Waals surface area contributed by atoms with E-state index in [1.165, 1.54) is 18.9 Å². The van der Waals surface area contributed by atoms with Gasteiger partial charge < -0.3 is 4.74 Å². The molecule has 4 heteroatoms. The molecular formula is C14H17ClFNO. The minimum absolute atomic E-state index is 0.225. The molecule has 2 nitrogen and oxygen atoms in total. The molecule has 2 aliphatic heterocycles. The summed E-state index contributed by atoms with van der Waals surface area (Å²) in [6.07, 6.45) is 3.59. The maximum Gasteiger partial charge on any atom is 0.141 e. The fourth-order valence-electron chi connectivity index (χ4n) is 2.88. The van der Waals surface area contributed by atoms with Crippen molar-refractivity contribution < 1.29 is 9.13 Å². The lowest BCUT2D eigenvalue weighted by Gasteiger charge is -2.45. The van der Waals surface area contributed by atoms with Crippen molar-refractivity contribution in [3.8, 4) is 0 Å². The van der Waals surface area contributed by atoms with Gasteiger partial charge in [0.05, 0.1) is 24.3 Å². The van der Waals surface area contributed by atoms with Crippen LogP contribution in [-0.2, 0) is 4.74 Å². The number of nitrogens with zero attached hydrogens (tertiary/aromatic N) is 1. The average Bonchev–Trinajstić information content (AvgIpc) is 2.31. The van der Waals surface area contributed by atoms with Gasteiger partial charge in [0.1, 0.15) is 5.82 Å². The molecule has 98 valence electrons. The topological polar surface area (TPSA) is 12.5 Å². The third-order valence-corrected chi connectivity index (χ3v) is 4.25. The molecule has 2 aliphatic rings. The summed E-state index contributed by atoms with van der Waals surface area (Å²) < 4.78 is 18.5. The van der Waals surface area contributed by atoms with E-state index in [2.05, 4.69) is 4.90 Å². The Hall–Kier alpha value is -0.640. The number of ether oxygens (including phenoxy) is 1. The Labute approximate surface area is 112 Å². The molecule has 2 fully saturated rings. The van der Waals surface area contributed by atoms with E-state index >= 15 is 0 Å². The summed E-state index contributed by atoms with van der Waals surface area (Å²) in [7, 11) is 0. The Bertz CT molecular complexity index is 436. The molecule has 2 saturated heterocycles. The number of hydrogen-bond donors (Lipinski definition) is 0. The van der Waals surface area contributed by atoms with Crippen LogP contribution in [0.5, 0.6) is 0 Å². The summed E-state index contributed by atoms with van der Waals surface area (Å²) >= 11 is 5.89. The number of rotatable bonds is 2. The lowest BCUT2D eigenvalue weighted by molar-refractivity contribution is -0.0880. The van der Waals surface area contributed by atoms with Gasteiger partial charge in [-0.25, -0.2) is 4.39 Å². The summed E-state index contributed by atoms with van der Waals surface area (Å²) in [6.45, 7) is 2.75. The second-order valence-corrected chi connectivity index (χ2v) is 5.52. The molecule has 0 aliphatic carbocycles. The van der Waals surface area contributed by atoms with Crippen LogP contribution < -0.4 is 0 Å². The van der Waals surface area contributed by atoms with Gasteiger partial charge in [-0.2, -0.15) is 0 Å². The van der Waals surface area contributed by atoms with E-state index in [4.69, 9.17) is 16.3 Å². The van der Waals surface area contributed by atoms with Gasteiger partial charge in [-0.15, -0.1) is 0 Å². The Morgan fingerprint density at radius 2 is 2.11 bits per heavy atom. The molecule has 1 unspecified atom stereocenters. The van der Waals surface area contributed by atoms with Crippen molar-refractivity contribution in [2.45, 2.75) is 31.3 Å². The molecule has 1 atom stereocenters. The van der Waals surface area contributed by atoms with E-state index in [0.29, 0.717) is 12.1 Å². The van der Waals surface area contributed by atoms with E-state index in [9.17, 15) is 4.39 Å². The maximum atomic E-state index is 13.2. The predicted molar refractivity (Wildman–Crippen MR) is 69.3 cm³/mol. The van der Waals surface area contributed by atoms with E-state index in [0.717, 1.165) is 31.7 Å².